The number of amides is 2. The number of urea groups is 1. The number of para-hydroxylation sites is 1. The van der Waals surface area contributed by atoms with Gasteiger partial charge in [-0.15, -0.1) is 0 Å². The minimum atomic E-state index is -3.67. The number of unbranched alkanes of at least 4 members (excludes halogenated alkanes) is 5. The van der Waals surface area contributed by atoms with E-state index >= 15 is 0 Å². The number of anilines is 2. The minimum absolute atomic E-state index is 0.111. The Kier molecular flexibility index (Phi) is 7.74. The molecule has 30 heavy (non-hydrogen) atoms. The summed E-state index contributed by atoms with van der Waals surface area (Å²) in [6.45, 7) is 3.43. The lowest BCUT2D eigenvalue weighted by Gasteiger charge is -2.18. The van der Waals surface area contributed by atoms with Crippen molar-refractivity contribution in [3.8, 4) is 0 Å². The monoisotopic (exact) mass is 429 g/mol. The number of hydrogen-bond acceptors (Lipinski definition) is 3. The molecule has 162 valence electrons. The zero-order valence-electron chi connectivity index (χ0n) is 17.6. The highest BCUT2D eigenvalue weighted by Crippen LogP contribution is 2.30. The summed E-state index contributed by atoms with van der Waals surface area (Å²) in [7, 11) is -3.67. The van der Waals surface area contributed by atoms with Crippen molar-refractivity contribution < 1.29 is 13.2 Å². The third-order valence-corrected chi connectivity index (χ3v) is 6.71. The second-order valence-electron chi connectivity index (χ2n) is 7.66. The molecule has 2 aromatic carbocycles. The Balaban J connectivity index is 1.57. The van der Waals surface area contributed by atoms with Gasteiger partial charge in [0.25, 0.3) is 10.0 Å². The van der Waals surface area contributed by atoms with E-state index in [1.807, 2.05) is 6.07 Å². The Morgan fingerprint density at radius 3 is 2.50 bits per heavy atom. The van der Waals surface area contributed by atoms with Gasteiger partial charge in [-0.05, 0) is 48.7 Å². The van der Waals surface area contributed by atoms with Crippen molar-refractivity contribution in [1.29, 1.82) is 0 Å². The molecule has 1 aliphatic heterocycles. The number of hydrogen-bond donors (Lipinski definition) is 2. The third-order valence-electron chi connectivity index (χ3n) is 5.33. The first-order chi connectivity index (χ1) is 14.5. The zero-order valence-corrected chi connectivity index (χ0v) is 18.4. The Morgan fingerprint density at radius 1 is 1.00 bits per heavy atom. The summed E-state index contributed by atoms with van der Waals surface area (Å²) < 4.78 is 28.0. The summed E-state index contributed by atoms with van der Waals surface area (Å²) in [5, 5.41) is 2.99. The van der Waals surface area contributed by atoms with Crippen LogP contribution in [-0.2, 0) is 16.4 Å². The van der Waals surface area contributed by atoms with E-state index in [2.05, 4.69) is 17.0 Å². The molecule has 0 fully saturated rings. The molecule has 0 saturated heterocycles. The van der Waals surface area contributed by atoms with E-state index < -0.39 is 10.0 Å². The first-order valence-corrected chi connectivity index (χ1v) is 12.3. The van der Waals surface area contributed by atoms with Gasteiger partial charge in [0, 0.05) is 24.5 Å². The zero-order chi connectivity index (χ0) is 21.4. The number of sulfonamides is 1. The molecular weight excluding hydrogens is 398 g/mol. The highest BCUT2D eigenvalue weighted by atomic mass is 32.2. The maximum absolute atomic E-state index is 12.7. The topological polar surface area (TPSA) is 78.5 Å². The molecule has 0 aliphatic carbocycles. The van der Waals surface area contributed by atoms with Crippen molar-refractivity contribution in [2.75, 3.05) is 22.7 Å². The van der Waals surface area contributed by atoms with Crippen LogP contribution in [0, 0.1) is 0 Å². The predicted molar refractivity (Wildman–Crippen MR) is 122 cm³/mol. The van der Waals surface area contributed by atoms with E-state index in [9.17, 15) is 13.2 Å². The molecule has 0 radical (unpaired) electrons. The van der Waals surface area contributed by atoms with Crippen LogP contribution in [0.4, 0.5) is 16.2 Å². The molecule has 2 N–H and O–H groups in total. The fourth-order valence-corrected chi connectivity index (χ4v) is 4.78. The summed E-state index contributed by atoms with van der Waals surface area (Å²) in [5.74, 6) is 0. The molecule has 2 amide bonds. The SMILES string of the molecule is CCCCCCCCNC(=O)N1CCc2cc(S(=O)(=O)Nc3ccccc3)ccc21. The van der Waals surface area contributed by atoms with Crippen LogP contribution in [0.5, 0.6) is 0 Å². The molecule has 7 heteroatoms. The van der Waals surface area contributed by atoms with Gasteiger partial charge in [-0.25, -0.2) is 13.2 Å². The van der Waals surface area contributed by atoms with E-state index in [1.54, 1.807) is 47.4 Å². The first kappa shape index (κ1) is 22.2. The normalized spacial score (nSPS) is 13.2. The van der Waals surface area contributed by atoms with Crippen molar-refractivity contribution in [3.05, 3.63) is 54.1 Å². The van der Waals surface area contributed by atoms with Gasteiger partial charge in [0.15, 0.2) is 0 Å². The van der Waals surface area contributed by atoms with Gasteiger partial charge in [0.2, 0.25) is 0 Å². The van der Waals surface area contributed by atoms with E-state index in [0.717, 1.165) is 24.1 Å². The van der Waals surface area contributed by atoms with Gasteiger partial charge in [0.05, 0.1) is 4.90 Å². The largest absolute Gasteiger partial charge is 0.338 e. The number of rotatable bonds is 10. The predicted octanol–water partition coefficient (Wildman–Crippen LogP) is 4.92. The summed E-state index contributed by atoms with van der Waals surface area (Å²) in [5.41, 5.74) is 2.18. The quantitative estimate of drug-likeness (QED) is 0.526. The van der Waals surface area contributed by atoms with Crippen molar-refractivity contribution >= 4 is 27.4 Å². The number of benzene rings is 2. The van der Waals surface area contributed by atoms with Crippen molar-refractivity contribution in [1.82, 2.24) is 5.32 Å². The fraction of sp³-hybridized carbons (Fsp3) is 0.435. The molecule has 6 nitrogen and oxygen atoms in total. The maximum Gasteiger partial charge on any atom is 0.321 e. The Bertz CT molecular complexity index is 945. The van der Waals surface area contributed by atoms with Crippen LogP contribution >= 0.6 is 0 Å². The maximum atomic E-state index is 12.7. The molecule has 2 aromatic rings. The number of nitrogens with zero attached hydrogens (tertiary/aromatic N) is 1. The number of fused-ring (bicyclic) bond motifs is 1. The van der Waals surface area contributed by atoms with Crippen LogP contribution in [0.2, 0.25) is 0 Å². The van der Waals surface area contributed by atoms with E-state index in [0.29, 0.717) is 25.2 Å². The average Bonchev–Trinajstić information content (AvgIpc) is 3.17. The smallest absolute Gasteiger partial charge is 0.321 e. The third kappa shape index (κ3) is 5.75. The molecule has 0 saturated carbocycles. The second-order valence-corrected chi connectivity index (χ2v) is 9.35. The second kappa shape index (κ2) is 10.5. The molecule has 0 spiro atoms. The van der Waals surface area contributed by atoms with Crippen molar-refractivity contribution in [3.63, 3.8) is 0 Å². The Labute approximate surface area is 179 Å². The lowest BCUT2D eigenvalue weighted by atomic mass is 10.1. The minimum Gasteiger partial charge on any atom is -0.338 e. The Morgan fingerprint density at radius 2 is 1.73 bits per heavy atom. The van der Waals surface area contributed by atoms with Crippen LogP contribution in [0.25, 0.3) is 0 Å². The molecule has 1 aliphatic rings. The summed E-state index contributed by atoms with van der Waals surface area (Å²) in [6, 6.07) is 13.7. The molecule has 1 heterocycles. The fourth-order valence-electron chi connectivity index (χ4n) is 3.67. The highest BCUT2D eigenvalue weighted by Gasteiger charge is 2.26. The van der Waals surface area contributed by atoms with Crippen LogP contribution in [-0.4, -0.2) is 27.5 Å². The van der Waals surface area contributed by atoms with Gasteiger partial charge in [0.1, 0.15) is 0 Å². The highest BCUT2D eigenvalue weighted by molar-refractivity contribution is 7.92. The summed E-state index contributed by atoms with van der Waals surface area (Å²) in [6.07, 6.45) is 7.74. The van der Waals surface area contributed by atoms with E-state index in [1.165, 1.54) is 25.7 Å². The number of nitrogens with one attached hydrogen (secondary N) is 2. The van der Waals surface area contributed by atoms with Crippen molar-refractivity contribution in [2.24, 2.45) is 0 Å². The van der Waals surface area contributed by atoms with Gasteiger partial charge in [-0.3, -0.25) is 9.62 Å². The lowest BCUT2D eigenvalue weighted by Crippen LogP contribution is -2.39. The molecule has 3 rings (SSSR count). The van der Waals surface area contributed by atoms with Gasteiger partial charge in [-0.1, -0.05) is 57.2 Å². The average molecular weight is 430 g/mol. The molecule has 0 unspecified atom stereocenters. The van der Waals surface area contributed by atoms with Gasteiger partial charge >= 0.3 is 6.03 Å². The molecule has 0 aromatic heterocycles. The molecular formula is C23H31N3O3S. The summed E-state index contributed by atoms with van der Waals surface area (Å²) in [4.78, 5) is 14.5. The van der Waals surface area contributed by atoms with Crippen LogP contribution < -0.4 is 14.9 Å². The summed E-state index contributed by atoms with van der Waals surface area (Å²) >= 11 is 0. The van der Waals surface area contributed by atoms with E-state index in [-0.39, 0.29) is 10.9 Å². The van der Waals surface area contributed by atoms with E-state index in [4.69, 9.17) is 0 Å². The van der Waals surface area contributed by atoms with Gasteiger partial charge in [-0.2, -0.15) is 0 Å². The van der Waals surface area contributed by atoms with Crippen molar-refractivity contribution in [2.45, 2.75) is 56.8 Å². The Hall–Kier alpha value is -2.54. The van der Waals surface area contributed by atoms with Crippen LogP contribution in [0.15, 0.2) is 53.4 Å². The number of carbonyl (C=O) groups excluding carboxylic acids is 1. The standard InChI is InChI=1S/C23H31N3O3S/c1-2-3-4-5-6-10-16-24-23(27)26-17-15-19-18-21(13-14-22(19)26)30(28,29)25-20-11-8-7-9-12-20/h7-9,11-14,18,25H,2-6,10,15-17H2,1H3,(H,24,27). The van der Waals surface area contributed by atoms with Crippen LogP contribution in [0.1, 0.15) is 51.0 Å². The molecule has 0 atom stereocenters. The van der Waals surface area contributed by atoms with Gasteiger partial charge < -0.3 is 5.32 Å². The first-order valence-electron chi connectivity index (χ1n) is 10.8. The number of carbonyl (C=O) groups is 1. The lowest BCUT2D eigenvalue weighted by molar-refractivity contribution is 0.246. The van der Waals surface area contributed by atoms with Crippen LogP contribution in [0.3, 0.4) is 0 Å². The molecule has 0 bridgehead atoms.